The number of hydrogen-bond acceptors (Lipinski definition) is 10. The molecule has 3 aromatic carbocycles. The molecule has 3 aromatic rings. The molecule has 0 saturated heterocycles. The Bertz CT molecular complexity index is 1950. The molecule has 0 radical (unpaired) electrons. The van der Waals surface area contributed by atoms with Gasteiger partial charge in [0.2, 0.25) is 0 Å². The number of ether oxygens (including phenoxy) is 4. The number of phenolic OH excluding ortho intramolecular Hbond substituents is 5. The third-order valence-electron chi connectivity index (χ3n) is 13.3. The molecule has 8 atom stereocenters. The molecule has 53 heavy (non-hydrogen) atoms. The Morgan fingerprint density at radius 2 is 1.23 bits per heavy atom. The van der Waals surface area contributed by atoms with Crippen molar-refractivity contribution in [3.63, 3.8) is 0 Å². The normalized spacial score (nSPS) is 30.5. The van der Waals surface area contributed by atoms with Gasteiger partial charge in [0, 0.05) is 46.1 Å². The molecule has 3 aliphatic heterocycles. The number of fused-ring (bicyclic) bond motifs is 10. The molecule has 0 aromatic heterocycles. The molecule has 0 amide bonds. The highest BCUT2D eigenvalue weighted by atomic mass is 16.6. The van der Waals surface area contributed by atoms with E-state index in [1.807, 2.05) is 0 Å². The molecule has 5 aliphatic rings. The zero-order valence-electron chi connectivity index (χ0n) is 31.7. The van der Waals surface area contributed by atoms with Crippen molar-refractivity contribution in [2.45, 2.75) is 129 Å². The highest BCUT2D eigenvalue weighted by Crippen LogP contribution is 2.66. The fraction of sp³-hybridized carbons (Fsp3) is 0.558. The van der Waals surface area contributed by atoms with E-state index < -0.39 is 46.6 Å². The van der Waals surface area contributed by atoms with Gasteiger partial charge in [0.15, 0.2) is 23.4 Å². The standard InChI is InChI=1S/C43H52O10/c1-19-8-10-27-24(12-19)34-38-26(39-35(40(34)53-43(27,6)7)25-13-20(2)9-11-28(25)42(4,5)52-39)18-33(37(51-38)22-14-31(46)36(48)32(47)15-22)50-41(49)23-16-29(44)21(3)30(45)17-23/h14-17,19-20,24-25,27-28,33,37,44-48H,8-13,18H2,1-7H3/t19?,20?,24?,25?,27?,28?,33-,37-/m1/s1. The lowest BCUT2D eigenvalue weighted by molar-refractivity contribution is -0.0431. The van der Waals surface area contributed by atoms with E-state index in [0.717, 1.165) is 61.0 Å². The van der Waals surface area contributed by atoms with Crippen LogP contribution in [0.3, 0.4) is 0 Å². The summed E-state index contributed by atoms with van der Waals surface area (Å²) in [7, 11) is 0. The van der Waals surface area contributed by atoms with E-state index in [4.69, 9.17) is 18.9 Å². The van der Waals surface area contributed by atoms with Crippen LogP contribution in [0.5, 0.6) is 46.0 Å². The first-order valence-corrected chi connectivity index (χ1v) is 19.2. The first kappa shape index (κ1) is 35.6. The van der Waals surface area contributed by atoms with Crippen molar-refractivity contribution >= 4 is 5.97 Å². The van der Waals surface area contributed by atoms with Crippen molar-refractivity contribution in [3.8, 4) is 46.0 Å². The van der Waals surface area contributed by atoms with Crippen molar-refractivity contribution in [1.29, 1.82) is 0 Å². The number of hydrogen-bond donors (Lipinski definition) is 5. The number of phenols is 5. The average molecular weight is 729 g/mol. The molecule has 10 heteroatoms. The quantitative estimate of drug-likeness (QED) is 0.131. The van der Waals surface area contributed by atoms with Crippen LogP contribution in [0, 0.1) is 30.6 Å². The number of aromatic hydroxyl groups is 5. The van der Waals surface area contributed by atoms with Gasteiger partial charge in [-0.15, -0.1) is 0 Å². The number of carbonyl (C=O) groups excluding carboxylic acids is 1. The lowest BCUT2D eigenvalue weighted by Gasteiger charge is -2.54. The molecule has 6 unspecified atom stereocenters. The van der Waals surface area contributed by atoms with Crippen LogP contribution in [-0.4, -0.2) is 48.8 Å². The minimum Gasteiger partial charge on any atom is -0.508 e. The Morgan fingerprint density at radius 1 is 0.717 bits per heavy atom. The number of rotatable bonds is 3. The minimum atomic E-state index is -1.04. The maximum atomic E-state index is 13.9. The summed E-state index contributed by atoms with van der Waals surface area (Å²) < 4.78 is 27.6. The molecule has 3 heterocycles. The molecule has 284 valence electrons. The zero-order valence-corrected chi connectivity index (χ0v) is 31.7. The van der Waals surface area contributed by atoms with Gasteiger partial charge in [-0.05, 0) is 108 Å². The number of carbonyl (C=O) groups is 1. The number of esters is 1. The fourth-order valence-corrected chi connectivity index (χ4v) is 10.4. The second-order valence-electron chi connectivity index (χ2n) is 17.7. The van der Waals surface area contributed by atoms with Gasteiger partial charge in [-0.1, -0.05) is 26.7 Å². The smallest absolute Gasteiger partial charge is 0.338 e. The topological polar surface area (TPSA) is 155 Å². The summed E-state index contributed by atoms with van der Waals surface area (Å²) in [6.07, 6.45) is 4.37. The van der Waals surface area contributed by atoms with E-state index in [1.54, 1.807) is 0 Å². The van der Waals surface area contributed by atoms with Crippen LogP contribution in [0.2, 0.25) is 0 Å². The van der Waals surface area contributed by atoms with Crippen LogP contribution in [0.25, 0.3) is 0 Å². The van der Waals surface area contributed by atoms with Crippen LogP contribution < -0.4 is 14.2 Å². The van der Waals surface area contributed by atoms with Gasteiger partial charge in [-0.2, -0.15) is 0 Å². The summed E-state index contributed by atoms with van der Waals surface area (Å²) in [6.45, 7) is 14.9. The Kier molecular flexibility index (Phi) is 8.24. The second-order valence-corrected chi connectivity index (χ2v) is 17.7. The lowest BCUT2D eigenvalue weighted by Crippen LogP contribution is -2.50. The summed E-state index contributed by atoms with van der Waals surface area (Å²) in [5, 5.41) is 52.5. The zero-order chi connectivity index (χ0) is 37.9. The summed E-state index contributed by atoms with van der Waals surface area (Å²) in [5.74, 6) is 0.942. The van der Waals surface area contributed by atoms with Gasteiger partial charge in [0.05, 0.1) is 5.56 Å². The first-order valence-electron chi connectivity index (χ1n) is 19.2. The molecule has 2 fully saturated rings. The van der Waals surface area contributed by atoms with Gasteiger partial charge in [-0.25, -0.2) is 4.79 Å². The highest BCUT2D eigenvalue weighted by molar-refractivity contribution is 5.91. The maximum Gasteiger partial charge on any atom is 0.338 e. The van der Waals surface area contributed by atoms with Crippen molar-refractivity contribution < 1.29 is 49.3 Å². The molecule has 0 spiro atoms. The Hall–Kier alpha value is -4.47. The average Bonchev–Trinajstić information content (AvgIpc) is 3.08. The van der Waals surface area contributed by atoms with Crippen molar-refractivity contribution in [1.82, 2.24) is 0 Å². The van der Waals surface area contributed by atoms with Crippen LogP contribution in [0.15, 0.2) is 24.3 Å². The lowest BCUT2D eigenvalue weighted by atomic mass is 9.60. The van der Waals surface area contributed by atoms with E-state index in [2.05, 4.69) is 41.5 Å². The number of benzene rings is 3. The molecule has 10 nitrogen and oxygen atoms in total. The van der Waals surface area contributed by atoms with Crippen LogP contribution in [-0.2, 0) is 11.2 Å². The Morgan fingerprint density at radius 3 is 1.77 bits per heavy atom. The minimum absolute atomic E-state index is 0.0508. The van der Waals surface area contributed by atoms with Crippen LogP contribution >= 0.6 is 0 Å². The van der Waals surface area contributed by atoms with Crippen molar-refractivity contribution in [2.24, 2.45) is 23.7 Å². The molecule has 2 saturated carbocycles. The van der Waals surface area contributed by atoms with Gasteiger partial charge in [0.25, 0.3) is 0 Å². The predicted molar refractivity (Wildman–Crippen MR) is 197 cm³/mol. The summed E-state index contributed by atoms with van der Waals surface area (Å²) in [6, 6.07) is 5.11. The monoisotopic (exact) mass is 728 g/mol. The SMILES string of the molecule is Cc1c(O)cc(C(=O)O[C@@H]2Cc3c4c(c5c(c3O[C@@H]2c2cc(O)c(O)c(O)c2)C2CC(C)CCC2C(C)(C)O5)C2CC(C)CCC2C(C)(C)O4)cc1O. The predicted octanol–water partition coefficient (Wildman–Crippen LogP) is 8.81. The molecule has 8 rings (SSSR count). The largest absolute Gasteiger partial charge is 0.508 e. The van der Waals surface area contributed by atoms with E-state index in [1.165, 1.54) is 31.2 Å². The second kappa shape index (κ2) is 12.3. The Labute approximate surface area is 310 Å². The van der Waals surface area contributed by atoms with Gasteiger partial charge in [-0.3, -0.25) is 0 Å². The molecule has 0 bridgehead atoms. The Balaban J connectivity index is 1.35. The van der Waals surface area contributed by atoms with Crippen molar-refractivity contribution in [2.75, 3.05) is 0 Å². The summed E-state index contributed by atoms with van der Waals surface area (Å²) >= 11 is 0. The summed E-state index contributed by atoms with van der Waals surface area (Å²) in [5.41, 5.74) is 2.43. The first-order chi connectivity index (χ1) is 24.9. The third kappa shape index (κ3) is 5.70. The van der Waals surface area contributed by atoms with Gasteiger partial charge < -0.3 is 44.5 Å². The van der Waals surface area contributed by atoms with E-state index in [-0.39, 0.29) is 58.3 Å². The van der Waals surface area contributed by atoms with Gasteiger partial charge >= 0.3 is 5.97 Å². The summed E-state index contributed by atoms with van der Waals surface area (Å²) in [4.78, 5) is 13.9. The molecule has 2 aliphatic carbocycles. The fourth-order valence-electron chi connectivity index (χ4n) is 10.4. The molecule has 5 N–H and O–H groups in total. The van der Waals surface area contributed by atoms with E-state index >= 15 is 0 Å². The van der Waals surface area contributed by atoms with E-state index in [0.29, 0.717) is 23.3 Å². The highest BCUT2D eigenvalue weighted by Gasteiger charge is 2.55. The van der Waals surface area contributed by atoms with Crippen molar-refractivity contribution in [3.05, 3.63) is 57.6 Å². The molecular formula is C43H52O10. The van der Waals surface area contributed by atoms with Crippen LogP contribution in [0.1, 0.15) is 136 Å². The molecular weight excluding hydrogens is 676 g/mol. The van der Waals surface area contributed by atoms with Gasteiger partial charge in [0.1, 0.15) is 46.1 Å². The third-order valence-corrected chi connectivity index (χ3v) is 13.3. The van der Waals surface area contributed by atoms with Crippen LogP contribution in [0.4, 0.5) is 0 Å². The van der Waals surface area contributed by atoms with E-state index in [9.17, 15) is 30.3 Å². The maximum absolute atomic E-state index is 13.9.